The second-order valence-electron chi connectivity index (χ2n) is 10.6. The lowest BCUT2D eigenvalue weighted by atomic mass is 10.1. The van der Waals surface area contributed by atoms with E-state index in [1.165, 1.54) is 24.1 Å². The van der Waals surface area contributed by atoms with Crippen LogP contribution in [0, 0.1) is 6.92 Å². The summed E-state index contributed by atoms with van der Waals surface area (Å²) < 4.78 is 34.0. The molecule has 2 amide bonds. The van der Waals surface area contributed by atoms with E-state index in [1.807, 2.05) is 27.7 Å². The highest BCUT2D eigenvalue weighted by atomic mass is 35.5. The molecule has 0 aliphatic rings. The van der Waals surface area contributed by atoms with Crippen LogP contribution >= 0.6 is 11.6 Å². The summed E-state index contributed by atoms with van der Waals surface area (Å²) in [6.07, 6.45) is 0. The number of sulfonamides is 1. The molecule has 0 radical (unpaired) electrons. The van der Waals surface area contributed by atoms with Gasteiger partial charge in [0, 0.05) is 17.1 Å². The maximum Gasteiger partial charge on any atom is 0.264 e. The summed E-state index contributed by atoms with van der Waals surface area (Å²) in [7, 11) is -2.67. The molecule has 214 valence electrons. The highest BCUT2D eigenvalue weighted by molar-refractivity contribution is 7.92. The number of carbonyl (C=O) groups is 2. The minimum absolute atomic E-state index is 0.00147. The van der Waals surface area contributed by atoms with Gasteiger partial charge in [-0.3, -0.25) is 13.9 Å². The van der Waals surface area contributed by atoms with Crippen molar-refractivity contribution in [3.05, 3.63) is 88.9 Å². The van der Waals surface area contributed by atoms with Crippen LogP contribution in [0.5, 0.6) is 5.75 Å². The van der Waals surface area contributed by atoms with Crippen molar-refractivity contribution >= 4 is 39.1 Å². The number of nitrogens with one attached hydrogen (secondary N) is 1. The Morgan fingerprint density at radius 2 is 1.62 bits per heavy atom. The van der Waals surface area contributed by atoms with Gasteiger partial charge in [0.15, 0.2) is 0 Å². The van der Waals surface area contributed by atoms with Gasteiger partial charge in [0.05, 0.1) is 17.7 Å². The molecule has 1 atom stereocenters. The molecule has 0 aromatic heterocycles. The average molecular weight is 586 g/mol. The van der Waals surface area contributed by atoms with E-state index in [0.29, 0.717) is 22.0 Å². The number of hydrogen-bond acceptors (Lipinski definition) is 5. The van der Waals surface area contributed by atoms with Gasteiger partial charge in [-0.25, -0.2) is 8.42 Å². The number of halogens is 1. The highest BCUT2D eigenvalue weighted by Crippen LogP contribution is 2.26. The maximum atomic E-state index is 14.0. The SMILES string of the molecule is COc1ccc(S(=O)(=O)N(CC(=O)N(Cc2cccc(Cl)c2)[C@@H](C)C(=O)NC(C)(C)C)c2ccc(C)cc2)cc1. The van der Waals surface area contributed by atoms with Gasteiger partial charge in [0.25, 0.3) is 10.0 Å². The zero-order chi connectivity index (χ0) is 29.7. The van der Waals surface area contributed by atoms with Crippen molar-refractivity contribution in [2.45, 2.75) is 57.6 Å². The second kappa shape index (κ2) is 12.7. The monoisotopic (exact) mass is 585 g/mol. The number of carbonyl (C=O) groups excluding carboxylic acids is 2. The van der Waals surface area contributed by atoms with Gasteiger partial charge in [-0.05, 0) is 88.7 Å². The third-order valence-corrected chi connectivity index (χ3v) is 8.18. The fourth-order valence-electron chi connectivity index (χ4n) is 4.00. The van der Waals surface area contributed by atoms with Crippen LogP contribution in [-0.2, 0) is 26.2 Å². The fraction of sp³-hybridized carbons (Fsp3) is 0.333. The second-order valence-corrected chi connectivity index (χ2v) is 12.9. The molecule has 10 heteroatoms. The minimum atomic E-state index is -4.17. The number of methoxy groups -OCH3 is 1. The van der Waals surface area contributed by atoms with Crippen molar-refractivity contribution in [3.8, 4) is 5.75 Å². The topological polar surface area (TPSA) is 96.0 Å². The molecule has 1 N–H and O–H groups in total. The van der Waals surface area contributed by atoms with Crippen molar-refractivity contribution in [1.82, 2.24) is 10.2 Å². The average Bonchev–Trinajstić information content (AvgIpc) is 2.89. The molecular formula is C30H36ClN3O5S. The van der Waals surface area contributed by atoms with E-state index < -0.39 is 34.1 Å². The molecule has 0 aliphatic carbocycles. The molecule has 0 fully saturated rings. The molecule has 8 nitrogen and oxygen atoms in total. The molecule has 0 bridgehead atoms. The van der Waals surface area contributed by atoms with Crippen LogP contribution < -0.4 is 14.4 Å². The first-order valence-electron chi connectivity index (χ1n) is 12.8. The van der Waals surface area contributed by atoms with Crippen molar-refractivity contribution in [2.24, 2.45) is 0 Å². The normalized spacial score (nSPS) is 12.4. The smallest absolute Gasteiger partial charge is 0.264 e. The summed E-state index contributed by atoms with van der Waals surface area (Å²) >= 11 is 6.18. The number of anilines is 1. The standard InChI is InChI=1S/C30H36ClN3O5S/c1-21-10-12-25(13-11-21)34(40(37,38)27-16-14-26(39-6)15-17-27)20-28(35)33(19-23-8-7-9-24(31)18-23)22(2)29(36)32-30(3,4)5/h7-18,22H,19-20H2,1-6H3,(H,32,36)/t22-/m0/s1. The third kappa shape index (κ3) is 7.99. The number of ether oxygens (including phenoxy) is 1. The molecule has 0 spiro atoms. The molecule has 3 aromatic rings. The van der Waals surface area contributed by atoms with Crippen molar-refractivity contribution in [3.63, 3.8) is 0 Å². The number of nitrogens with zero attached hydrogens (tertiary/aromatic N) is 2. The molecule has 0 unspecified atom stereocenters. The van der Waals surface area contributed by atoms with E-state index in [4.69, 9.17) is 16.3 Å². The molecule has 0 aliphatic heterocycles. The number of hydrogen-bond donors (Lipinski definition) is 1. The summed E-state index contributed by atoms with van der Waals surface area (Å²) in [6.45, 7) is 8.59. The van der Waals surface area contributed by atoms with Crippen molar-refractivity contribution in [2.75, 3.05) is 18.0 Å². The van der Waals surface area contributed by atoms with Crippen LogP contribution in [0.2, 0.25) is 5.02 Å². The van der Waals surface area contributed by atoms with Gasteiger partial charge in [0.1, 0.15) is 18.3 Å². The third-order valence-electron chi connectivity index (χ3n) is 6.16. The van der Waals surface area contributed by atoms with Gasteiger partial charge >= 0.3 is 0 Å². The first-order valence-corrected chi connectivity index (χ1v) is 14.6. The van der Waals surface area contributed by atoms with Gasteiger partial charge in [-0.1, -0.05) is 41.4 Å². The van der Waals surface area contributed by atoms with Crippen LogP contribution in [0.1, 0.15) is 38.8 Å². The summed E-state index contributed by atoms with van der Waals surface area (Å²) in [6, 6.07) is 18.9. The van der Waals surface area contributed by atoms with Crippen LogP contribution in [0.15, 0.2) is 77.7 Å². The van der Waals surface area contributed by atoms with Crippen molar-refractivity contribution in [1.29, 1.82) is 0 Å². The van der Waals surface area contributed by atoms with Crippen LogP contribution in [0.3, 0.4) is 0 Å². The van der Waals surface area contributed by atoms with E-state index in [0.717, 1.165) is 9.87 Å². The Balaban J connectivity index is 2.03. The molecule has 3 aromatic carbocycles. The van der Waals surface area contributed by atoms with E-state index in [-0.39, 0.29) is 17.3 Å². The van der Waals surface area contributed by atoms with Crippen LogP contribution in [0.4, 0.5) is 5.69 Å². The molecule has 0 saturated carbocycles. The number of aryl methyl sites for hydroxylation is 1. The Labute approximate surface area is 241 Å². The fourth-order valence-corrected chi connectivity index (χ4v) is 5.63. The summed E-state index contributed by atoms with van der Waals surface area (Å²) in [5.74, 6) is -0.403. The van der Waals surface area contributed by atoms with Crippen LogP contribution in [0.25, 0.3) is 0 Å². The molecule has 0 saturated heterocycles. The lowest BCUT2D eigenvalue weighted by Crippen LogP contribution is -2.54. The van der Waals surface area contributed by atoms with E-state index >= 15 is 0 Å². The van der Waals surface area contributed by atoms with Gasteiger partial charge in [-0.2, -0.15) is 0 Å². The van der Waals surface area contributed by atoms with Gasteiger partial charge in [0.2, 0.25) is 11.8 Å². The largest absolute Gasteiger partial charge is 0.497 e. The number of amides is 2. The molecular weight excluding hydrogens is 550 g/mol. The zero-order valence-corrected chi connectivity index (χ0v) is 25.2. The molecule has 40 heavy (non-hydrogen) atoms. The van der Waals surface area contributed by atoms with E-state index in [9.17, 15) is 18.0 Å². The lowest BCUT2D eigenvalue weighted by molar-refractivity contribution is -0.140. The van der Waals surface area contributed by atoms with Gasteiger partial charge in [-0.15, -0.1) is 0 Å². The molecule has 3 rings (SSSR count). The van der Waals surface area contributed by atoms with E-state index in [1.54, 1.807) is 67.6 Å². The number of benzene rings is 3. The summed E-state index contributed by atoms with van der Waals surface area (Å²) in [4.78, 5) is 28.5. The first-order chi connectivity index (χ1) is 18.7. The molecule has 0 heterocycles. The summed E-state index contributed by atoms with van der Waals surface area (Å²) in [5.41, 5.74) is 1.44. The maximum absolute atomic E-state index is 14.0. The summed E-state index contributed by atoms with van der Waals surface area (Å²) in [5, 5.41) is 3.39. The Morgan fingerprint density at radius 3 is 2.17 bits per heavy atom. The van der Waals surface area contributed by atoms with E-state index in [2.05, 4.69) is 5.32 Å². The lowest BCUT2D eigenvalue weighted by Gasteiger charge is -2.33. The Morgan fingerprint density at radius 1 is 1.00 bits per heavy atom. The Kier molecular flexibility index (Phi) is 9.87. The quantitative estimate of drug-likeness (QED) is 0.353. The first kappa shape index (κ1) is 31.0. The van der Waals surface area contributed by atoms with Crippen LogP contribution in [-0.4, -0.2) is 50.4 Å². The predicted octanol–water partition coefficient (Wildman–Crippen LogP) is 5.18. The van der Waals surface area contributed by atoms with Crippen molar-refractivity contribution < 1.29 is 22.7 Å². The minimum Gasteiger partial charge on any atom is -0.497 e. The highest BCUT2D eigenvalue weighted by Gasteiger charge is 2.33. The predicted molar refractivity (Wildman–Crippen MR) is 158 cm³/mol. The Bertz CT molecular complexity index is 1440. The Hall–Kier alpha value is -3.56. The number of rotatable bonds is 10. The zero-order valence-electron chi connectivity index (χ0n) is 23.6. The van der Waals surface area contributed by atoms with Gasteiger partial charge < -0.3 is 15.0 Å².